The maximum atomic E-state index is 14.3. The molecule has 10 nitrogen and oxygen atoms in total. The number of halogens is 1. The summed E-state index contributed by atoms with van der Waals surface area (Å²) in [5.74, 6) is -0.251. The van der Waals surface area contributed by atoms with Gasteiger partial charge in [-0.05, 0) is 56.2 Å². The third-order valence-corrected chi connectivity index (χ3v) is 8.81. The van der Waals surface area contributed by atoms with Crippen LogP contribution in [0.15, 0.2) is 65.6 Å². The number of ether oxygens (including phenoxy) is 3. The Morgan fingerprint density at radius 3 is 2.14 bits per heavy atom. The van der Waals surface area contributed by atoms with Crippen LogP contribution in [0.5, 0.6) is 17.2 Å². The molecule has 0 saturated heterocycles. The fraction of sp³-hybridized carbons (Fsp3) is 0.355. The lowest BCUT2D eigenvalue weighted by Crippen LogP contribution is -2.51. The van der Waals surface area contributed by atoms with Crippen molar-refractivity contribution in [3.05, 3.63) is 76.8 Å². The second-order valence-electron chi connectivity index (χ2n) is 9.82. The molecule has 12 heteroatoms. The number of amides is 2. The zero-order chi connectivity index (χ0) is 31.7. The number of methoxy groups -OCH3 is 3. The highest BCUT2D eigenvalue weighted by Gasteiger charge is 2.34. The van der Waals surface area contributed by atoms with E-state index in [1.165, 1.54) is 56.6 Å². The van der Waals surface area contributed by atoms with Gasteiger partial charge in [-0.25, -0.2) is 8.42 Å². The highest BCUT2D eigenvalue weighted by molar-refractivity contribution is 7.92. The van der Waals surface area contributed by atoms with Crippen molar-refractivity contribution in [3.63, 3.8) is 0 Å². The van der Waals surface area contributed by atoms with Crippen molar-refractivity contribution in [1.82, 2.24) is 10.2 Å². The van der Waals surface area contributed by atoms with Crippen LogP contribution in [0.2, 0.25) is 5.02 Å². The molecule has 0 radical (unpaired) electrons. The predicted molar refractivity (Wildman–Crippen MR) is 167 cm³/mol. The van der Waals surface area contributed by atoms with E-state index < -0.39 is 28.5 Å². The molecule has 1 N–H and O–H groups in total. The van der Waals surface area contributed by atoms with Crippen molar-refractivity contribution >= 4 is 39.1 Å². The highest BCUT2D eigenvalue weighted by atomic mass is 35.5. The number of benzene rings is 3. The van der Waals surface area contributed by atoms with Gasteiger partial charge in [0.2, 0.25) is 11.8 Å². The number of carbonyl (C=O) groups is 2. The van der Waals surface area contributed by atoms with Crippen molar-refractivity contribution in [2.45, 2.75) is 44.7 Å². The molecule has 232 valence electrons. The summed E-state index contributed by atoms with van der Waals surface area (Å²) in [5.41, 5.74) is 1.87. The Bertz CT molecular complexity index is 1530. The Morgan fingerprint density at radius 1 is 0.907 bits per heavy atom. The predicted octanol–water partition coefficient (Wildman–Crippen LogP) is 4.81. The maximum absolute atomic E-state index is 14.3. The first-order valence-corrected chi connectivity index (χ1v) is 15.5. The van der Waals surface area contributed by atoms with Gasteiger partial charge >= 0.3 is 0 Å². The van der Waals surface area contributed by atoms with Crippen LogP contribution in [0.25, 0.3) is 0 Å². The van der Waals surface area contributed by atoms with E-state index in [4.69, 9.17) is 25.8 Å². The molecule has 2 amide bonds. The molecule has 0 fully saturated rings. The molecule has 0 spiro atoms. The molecule has 43 heavy (non-hydrogen) atoms. The van der Waals surface area contributed by atoms with Crippen LogP contribution >= 0.6 is 11.6 Å². The summed E-state index contributed by atoms with van der Waals surface area (Å²) in [4.78, 5) is 28.4. The molecule has 0 aliphatic rings. The van der Waals surface area contributed by atoms with E-state index in [0.29, 0.717) is 12.3 Å². The fourth-order valence-electron chi connectivity index (χ4n) is 4.34. The minimum atomic E-state index is -4.42. The van der Waals surface area contributed by atoms with E-state index >= 15 is 0 Å². The standard InChI is InChI=1S/C31H38ClN3O7S/c1-7-16-33-31(37)22(3)34(19-23-10-8-21(2)9-11-23)30(36)20-35(26-17-24(32)12-14-27(26)40-4)43(38,39)25-13-15-28(41-5)29(18-25)42-6/h8-15,17-18,22H,7,16,19-20H2,1-6H3,(H,33,37). The van der Waals surface area contributed by atoms with E-state index in [1.54, 1.807) is 13.0 Å². The molecule has 0 aromatic heterocycles. The molecule has 1 unspecified atom stereocenters. The van der Waals surface area contributed by atoms with Gasteiger partial charge in [-0.1, -0.05) is 48.4 Å². The van der Waals surface area contributed by atoms with Crippen molar-refractivity contribution in [3.8, 4) is 17.2 Å². The number of hydrogen-bond acceptors (Lipinski definition) is 7. The van der Waals surface area contributed by atoms with Crippen LogP contribution in [0.1, 0.15) is 31.4 Å². The summed E-state index contributed by atoms with van der Waals surface area (Å²) in [6.07, 6.45) is 0.719. The van der Waals surface area contributed by atoms with Gasteiger partial charge in [0.15, 0.2) is 11.5 Å². The van der Waals surface area contributed by atoms with Gasteiger partial charge in [-0.15, -0.1) is 0 Å². The molecular weight excluding hydrogens is 594 g/mol. The molecule has 0 saturated carbocycles. The van der Waals surface area contributed by atoms with Gasteiger partial charge in [-0.3, -0.25) is 13.9 Å². The monoisotopic (exact) mass is 631 g/mol. The van der Waals surface area contributed by atoms with E-state index in [1.807, 2.05) is 38.1 Å². The number of nitrogens with zero attached hydrogens (tertiary/aromatic N) is 2. The minimum Gasteiger partial charge on any atom is -0.495 e. The Labute approximate surface area is 258 Å². The lowest BCUT2D eigenvalue weighted by Gasteiger charge is -2.32. The van der Waals surface area contributed by atoms with Crippen LogP contribution in [-0.2, 0) is 26.2 Å². The quantitative estimate of drug-likeness (QED) is 0.271. The Hall–Kier alpha value is -3.96. The van der Waals surface area contributed by atoms with Gasteiger partial charge in [-0.2, -0.15) is 0 Å². The van der Waals surface area contributed by atoms with Gasteiger partial charge in [0.05, 0.1) is 31.9 Å². The highest BCUT2D eigenvalue weighted by Crippen LogP contribution is 2.37. The van der Waals surface area contributed by atoms with Gasteiger partial charge in [0, 0.05) is 24.2 Å². The third kappa shape index (κ3) is 8.11. The third-order valence-electron chi connectivity index (χ3n) is 6.82. The van der Waals surface area contributed by atoms with Crippen molar-refractivity contribution < 1.29 is 32.2 Å². The van der Waals surface area contributed by atoms with Crippen LogP contribution in [0, 0.1) is 6.92 Å². The number of carbonyl (C=O) groups excluding carboxylic acids is 2. The van der Waals surface area contributed by atoms with E-state index in [0.717, 1.165) is 21.9 Å². The topological polar surface area (TPSA) is 114 Å². The van der Waals surface area contributed by atoms with Crippen molar-refractivity contribution in [2.75, 3.05) is 38.7 Å². The first-order chi connectivity index (χ1) is 20.5. The number of hydrogen-bond donors (Lipinski definition) is 1. The summed E-state index contributed by atoms with van der Waals surface area (Å²) in [6, 6.07) is 15.3. The van der Waals surface area contributed by atoms with Crippen molar-refractivity contribution in [2.24, 2.45) is 0 Å². The number of anilines is 1. The maximum Gasteiger partial charge on any atom is 0.265 e. The van der Waals surface area contributed by atoms with Crippen LogP contribution in [0.4, 0.5) is 5.69 Å². The van der Waals surface area contributed by atoms with Crippen molar-refractivity contribution in [1.29, 1.82) is 0 Å². The smallest absolute Gasteiger partial charge is 0.265 e. The zero-order valence-corrected chi connectivity index (χ0v) is 26.8. The average molecular weight is 632 g/mol. The van der Waals surface area contributed by atoms with Gasteiger partial charge in [0.1, 0.15) is 18.3 Å². The molecular formula is C31H38ClN3O7S. The van der Waals surface area contributed by atoms with E-state index in [9.17, 15) is 18.0 Å². The molecule has 0 bridgehead atoms. The number of aryl methyl sites for hydroxylation is 1. The second kappa shape index (κ2) is 15.0. The summed E-state index contributed by atoms with van der Waals surface area (Å²) < 4.78 is 45.5. The molecule has 0 aliphatic carbocycles. The summed E-state index contributed by atoms with van der Waals surface area (Å²) in [5, 5.41) is 3.06. The molecule has 3 aromatic rings. The molecule has 3 aromatic carbocycles. The number of nitrogens with one attached hydrogen (secondary N) is 1. The van der Waals surface area contributed by atoms with Gasteiger partial charge < -0.3 is 24.4 Å². The molecule has 1 atom stereocenters. The van der Waals surface area contributed by atoms with Crippen LogP contribution in [-0.4, -0.2) is 65.6 Å². The Balaban J connectivity index is 2.13. The van der Waals surface area contributed by atoms with Gasteiger partial charge in [0.25, 0.3) is 10.0 Å². The van der Waals surface area contributed by atoms with Crippen LogP contribution < -0.4 is 23.8 Å². The SMILES string of the molecule is CCCNC(=O)C(C)N(Cc1ccc(C)cc1)C(=O)CN(c1cc(Cl)ccc1OC)S(=O)(=O)c1ccc(OC)c(OC)c1. The molecule has 3 rings (SSSR count). The molecule has 0 heterocycles. The van der Waals surface area contributed by atoms with E-state index in [2.05, 4.69) is 5.32 Å². The summed E-state index contributed by atoms with van der Waals surface area (Å²) in [7, 11) is -0.198. The average Bonchev–Trinajstić information content (AvgIpc) is 3.01. The Kier molecular flexibility index (Phi) is 11.7. The second-order valence-corrected chi connectivity index (χ2v) is 12.1. The first kappa shape index (κ1) is 33.5. The lowest BCUT2D eigenvalue weighted by molar-refractivity contribution is -0.139. The molecule has 0 aliphatic heterocycles. The normalized spacial score (nSPS) is 11.8. The first-order valence-electron chi connectivity index (χ1n) is 13.7. The summed E-state index contributed by atoms with van der Waals surface area (Å²) in [6.45, 7) is 5.36. The lowest BCUT2D eigenvalue weighted by atomic mass is 10.1. The van der Waals surface area contributed by atoms with E-state index in [-0.39, 0.29) is 39.6 Å². The number of sulfonamides is 1. The summed E-state index contributed by atoms with van der Waals surface area (Å²) >= 11 is 6.30. The zero-order valence-electron chi connectivity index (χ0n) is 25.2. The van der Waals surface area contributed by atoms with Crippen LogP contribution in [0.3, 0.4) is 0 Å². The Morgan fingerprint density at radius 2 is 1.53 bits per heavy atom. The fourth-order valence-corrected chi connectivity index (χ4v) is 5.94. The minimum absolute atomic E-state index is 0.0523. The number of rotatable bonds is 14. The largest absolute Gasteiger partial charge is 0.495 e.